The molecule has 208 valence electrons. The van der Waals surface area contributed by atoms with Crippen LogP contribution in [0.4, 0.5) is 0 Å². The molecule has 0 saturated carbocycles. The molecule has 5 nitrogen and oxygen atoms in total. The van der Waals surface area contributed by atoms with Crippen LogP contribution in [-0.2, 0) is 0 Å². The van der Waals surface area contributed by atoms with Crippen molar-refractivity contribution in [3.63, 3.8) is 0 Å². The number of hydrogen-bond donors (Lipinski definition) is 0. The van der Waals surface area contributed by atoms with Gasteiger partial charge in [0.25, 0.3) is 0 Å². The summed E-state index contributed by atoms with van der Waals surface area (Å²) in [7, 11) is 0. The Morgan fingerprint density at radius 3 is 1.64 bits per heavy atom. The summed E-state index contributed by atoms with van der Waals surface area (Å²) in [6.07, 6.45) is 0. The Morgan fingerprint density at radius 2 is 0.977 bits per heavy atom. The molecule has 5 heteroatoms. The predicted molar refractivity (Wildman–Crippen MR) is 177 cm³/mol. The smallest absolute Gasteiger partial charge is 0.355 e. The van der Waals surface area contributed by atoms with Crippen LogP contribution in [0.25, 0.3) is 72.7 Å². The molecule has 0 saturated heterocycles. The Morgan fingerprint density at radius 1 is 0.455 bits per heavy atom. The highest BCUT2D eigenvalue weighted by molar-refractivity contribution is 6.09. The monoisotopic (exact) mass is 567 g/mol. The molecular weight excluding hydrogens is 542 g/mol. The van der Waals surface area contributed by atoms with E-state index >= 15 is 0 Å². The molecule has 8 rings (SSSR count). The quantitative estimate of drug-likeness (QED) is 0.208. The highest BCUT2D eigenvalue weighted by atomic mass is 16.3. The van der Waals surface area contributed by atoms with Crippen LogP contribution >= 0.6 is 0 Å². The van der Waals surface area contributed by atoms with Crippen molar-refractivity contribution in [1.82, 2.24) is 14.5 Å². The van der Waals surface area contributed by atoms with Crippen molar-refractivity contribution in [3.05, 3.63) is 162 Å². The van der Waals surface area contributed by atoms with Gasteiger partial charge in [0, 0.05) is 16.5 Å². The number of para-hydroxylation sites is 1. The number of rotatable bonds is 5. The third-order valence-electron chi connectivity index (χ3n) is 7.94. The van der Waals surface area contributed by atoms with Crippen LogP contribution in [0.2, 0.25) is 0 Å². The standard InChI is InChI=1S/C39H25N3O2/c43-39-41-37(30-22-18-28(19-23-30)26-10-3-1-4-11-26)40-38(31-24-20-29(21-25-31)27-12-5-2-6-13-27)42(39)33-15-9-17-35-36(33)32-14-7-8-16-34(32)44-35/h1-25H. The number of hydrogen-bond acceptors (Lipinski definition) is 4. The zero-order chi connectivity index (χ0) is 29.5. The van der Waals surface area contributed by atoms with E-state index in [9.17, 15) is 4.79 Å². The van der Waals surface area contributed by atoms with Gasteiger partial charge in [0.15, 0.2) is 11.6 Å². The molecule has 0 atom stereocenters. The minimum Gasteiger partial charge on any atom is -0.456 e. The van der Waals surface area contributed by atoms with Gasteiger partial charge in [-0.3, -0.25) is 0 Å². The molecule has 6 aromatic carbocycles. The zero-order valence-corrected chi connectivity index (χ0v) is 23.6. The van der Waals surface area contributed by atoms with Crippen LogP contribution in [-0.4, -0.2) is 14.5 Å². The van der Waals surface area contributed by atoms with Crippen molar-refractivity contribution < 1.29 is 4.42 Å². The minimum absolute atomic E-state index is 0.372. The molecule has 0 aliphatic heterocycles. The van der Waals surface area contributed by atoms with Gasteiger partial charge in [-0.1, -0.05) is 133 Å². The van der Waals surface area contributed by atoms with E-state index in [1.807, 2.05) is 115 Å². The van der Waals surface area contributed by atoms with Crippen molar-refractivity contribution in [2.45, 2.75) is 0 Å². The van der Waals surface area contributed by atoms with E-state index < -0.39 is 5.69 Å². The summed E-state index contributed by atoms with van der Waals surface area (Å²) >= 11 is 0. The number of fused-ring (bicyclic) bond motifs is 3. The van der Waals surface area contributed by atoms with Gasteiger partial charge in [-0.25, -0.2) is 14.3 Å². The first kappa shape index (κ1) is 25.6. The third-order valence-corrected chi connectivity index (χ3v) is 7.94. The number of furan rings is 1. The molecule has 8 aromatic rings. The second-order valence-electron chi connectivity index (χ2n) is 10.6. The SMILES string of the molecule is O=c1nc(-c2ccc(-c3ccccc3)cc2)nc(-c2ccc(-c3ccccc3)cc2)n1-c1cccc2oc3ccccc3c12. The second-order valence-corrected chi connectivity index (χ2v) is 10.6. The van der Waals surface area contributed by atoms with Gasteiger partial charge in [-0.05, 0) is 40.5 Å². The Kier molecular flexibility index (Phi) is 6.20. The topological polar surface area (TPSA) is 60.9 Å². The van der Waals surface area contributed by atoms with Crippen LogP contribution in [0.3, 0.4) is 0 Å². The van der Waals surface area contributed by atoms with Crippen LogP contribution in [0.1, 0.15) is 0 Å². The van der Waals surface area contributed by atoms with E-state index in [0.717, 1.165) is 49.7 Å². The van der Waals surface area contributed by atoms with Crippen molar-refractivity contribution in [3.8, 4) is 50.7 Å². The minimum atomic E-state index is -0.415. The maximum absolute atomic E-state index is 14.1. The molecule has 2 heterocycles. The summed E-state index contributed by atoms with van der Waals surface area (Å²) < 4.78 is 7.75. The molecule has 44 heavy (non-hydrogen) atoms. The highest BCUT2D eigenvalue weighted by Crippen LogP contribution is 2.35. The number of benzene rings is 6. The van der Waals surface area contributed by atoms with Gasteiger partial charge in [0.05, 0.1) is 11.1 Å². The molecule has 0 amide bonds. The third kappa shape index (κ3) is 4.48. The fourth-order valence-electron chi connectivity index (χ4n) is 5.77. The second kappa shape index (κ2) is 10.6. The first-order valence-corrected chi connectivity index (χ1v) is 14.5. The lowest BCUT2D eigenvalue weighted by molar-refractivity contribution is 0.668. The van der Waals surface area contributed by atoms with Crippen molar-refractivity contribution in [2.75, 3.05) is 0 Å². The number of nitrogens with zero attached hydrogens (tertiary/aromatic N) is 3. The Hall–Kier alpha value is -6.07. The van der Waals surface area contributed by atoms with Crippen molar-refractivity contribution >= 4 is 21.9 Å². The summed E-state index contributed by atoms with van der Waals surface area (Å²) in [6, 6.07) is 50.1. The first-order chi connectivity index (χ1) is 21.7. The summed E-state index contributed by atoms with van der Waals surface area (Å²) in [5, 5.41) is 1.77. The lowest BCUT2D eigenvalue weighted by Gasteiger charge is -2.15. The Balaban J connectivity index is 1.33. The van der Waals surface area contributed by atoms with E-state index in [1.54, 1.807) is 4.57 Å². The van der Waals surface area contributed by atoms with Crippen LogP contribution in [0.15, 0.2) is 161 Å². The largest absolute Gasteiger partial charge is 0.456 e. The van der Waals surface area contributed by atoms with E-state index in [0.29, 0.717) is 22.9 Å². The lowest BCUT2D eigenvalue weighted by atomic mass is 10.0. The molecular formula is C39H25N3O2. The van der Waals surface area contributed by atoms with E-state index in [4.69, 9.17) is 9.40 Å². The molecule has 0 aliphatic carbocycles. The van der Waals surface area contributed by atoms with E-state index in [1.165, 1.54) is 0 Å². The maximum Gasteiger partial charge on any atom is 0.355 e. The summed E-state index contributed by atoms with van der Waals surface area (Å²) in [5.41, 5.74) is 7.68. The van der Waals surface area contributed by atoms with Crippen LogP contribution in [0.5, 0.6) is 0 Å². The van der Waals surface area contributed by atoms with Crippen LogP contribution < -0.4 is 5.69 Å². The molecule has 0 aliphatic rings. The van der Waals surface area contributed by atoms with Crippen molar-refractivity contribution in [2.24, 2.45) is 0 Å². The Labute approximate surface area is 253 Å². The van der Waals surface area contributed by atoms with Gasteiger partial charge in [0.1, 0.15) is 11.2 Å². The van der Waals surface area contributed by atoms with Crippen LogP contribution in [0, 0.1) is 0 Å². The molecule has 2 aromatic heterocycles. The fraction of sp³-hybridized carbons (Fsp3) is 0. The van der Waals surface area contributed by atoms with Gasteiger partial charge in [0.2, 0.25) is 0 Å². The van der Waals surface area contributed by atoms with Gasteiger partial charge >= 0.3 is 5.69 Å². The lowest BCUT2D eigenvalue weighted by Crippen LogP contribution is -2.25. The average Bonchev–Trinajstić information content (AvgIpc) is 3.48. The van der Waals surface area contributed by atoms with E-state index in [-0.39, 0.29) is 0 Å². The molecule has 0 N–H and O–H groups in total. The maximum atomic E-state index is 14.1. The summed E-state index contributed by atoms with van der Waals surface area (Å²) in [5.74, 6) is 0.877. The normalized spacial score (nSPS) is 11.3. The predicted octanol–water partition coefficient (Wildman–Crippen LogP) is 9.19. The molecule has 0 fully saturated rings. The van der Waals surface area contributed by atoms with Gasteiger partial charge < -0.3 is 4.42 Å². The molecule has 0 spiro atoms. The fourth-order valence-corrected chi connectivity index (χ4v) is 5.77. The van der Waals surface area contributed by atoms with Gasteiger partial charge in [-0.15, -0.1) is 0 Å². The molecule has 0 bridgehead atoms. The first-order valence-electron chi connectivity index (χ1n) is 14.5. The van der Waals surface area contributed by atoms with Gasteiger partial charge in [-0.2, -0.15) is 4.98 Å². The highest BCUT2D eigenvalue weighted by Gasteiger charge is 2.20. The summed E-state index contributed by atoms with van der Waals surface area (Å²) in [4.78, 5) is 23.6. The van der Waals surface area contributed by atoms with E-state index in [2.05, 4.69) is 41.4 Å². The molecule has 0 unspecified atom stereocenters. The zero-order valence-electron chi connectivity index (χ0n) is 23.6. The number of aromatic nitrogens is 3. The average molecular weight is 568 g/mol. The molecule has 0 radical (unpaired) electrons. The van der Waals surface area contributed by atoms with Crippen molar-refractivity contribution in [1.29, 1.82) is 0 Å². The Bertz CT molecular complexity index is 2320. The summed E-state index contributed by atoms with van der Waals surface area (Å²) in [6.45, 7) is 0.